The summed E-state index contributed by atoms with van der Waals surface area (Å²) in [7, 11) is 0. The number of benzene rings is 1. The number of aryl methyl sites for hydroxylation is 1. The summed E-state index contributed by atoms with van der Waals surface area (Å²) in [6, 6.07) is 4.62. The van der Waals surface area contributed by atoms with Crippen LogP contribution in [0, 0.1) is 17.0 Å². The lowest BCUT2D eigenvalue weighted by Gasteiger charge is -2.20. The van der Waals surface area contributed by atoms with Crippen molar-refractivity contribution in [3.8, 4) is 5.75 Å². The van der Waals surface area contributed by atoms with E-state index >= 15 is 0 Å². The summed E-state index contributed by atoms with van der Waals surface area (Å²) in [5, 5.41) is 13.8. The number of hydrogen-bond acceptors (Lipinski definition) is 5. The van der Waals surface area contributed by atoms with E-state index < -0.39 is 4.92 Å². The molecule has 1 fully saturated rings. The van der Waals surface area contributed by atoms with Crippen LogP contribution in [0.1, 0.15) is 31.7 Å². The minimum atomic E-state index is -0.492. The molecule has 0 spiro atoms. The standard InChI is InChI=1S/C16H22N2O5/c1-11-5-6-13(18(20)21)15(10-11)23-9-7-16(19)17-12(2)14-4-3-8-22-14/h5-6,10,12,14H,3-4,7-9H2,1-2H3,(H,17,19)/t12-,14+/m0/s1. The molecule has 126 valence electrons. The molecule has 1 aliphatic heterocycles. The maximum absolute atomic E-state index is 11.9. The van der Waals surface area contributed by atoms with Crippen molar-refractivity contribution in [2.45, 2.75) is 45.3 Å². The molecule has 1 aliphatic rings. The van der Waals surface area contributed by atoms with E-state index in [-0.39, 0.29) is 42.5 Å². The summed E-state index contributed by atoms with van der Waals surface area (Å²) < 4.78 is 10.9. The lowest BCUT2D eigenvalue weighted by atomic mass is 10.1. The molecule has 0 saturated carbocycles. The maximum Gasteiger partial charge on any atom is 0.310 e. The van der Waals surface area contributed by atoms with Gasteiger partial charge in [-0.3, -0.25) is 14.9 Å². The molecule has 23 heavy (non-hydrogen) atoms. The van der Waals surface area contributed by atoms with Gasteiger partial charge in [-0.25, -0.2) is 0 Å². The number of ether oxygens (including phenoxy) is 2. The van der Waals surface area contributed by atoms with Gasteiger partial charge in [0.15, 0.2) is 5.75 Å². The van der Waals surface area contributed by atoms with Crippen LogP contribution in [-0.2, 0) is 9.53 Å². The quantitative estimate of drug-likeness (QED) is 0.614. The summed E-state index contributed by atoms with van der Waals surface area (Å²) in [5.74, 6) is 0.0401. The van der Waals surface area contributed by atoms with Gasteiger partial charge in [-0.1, -0.05) is 6.07 Å². The predicted octanol–water partition coefficient (Wildman–Crippen LogP) is 2.36. The Labute approximate surface area is 135 Å². The van der Waals surface area contributed by atoms with Crippen LogP contribution in [0.3, 0.4) is 0 Å². The van der Waals surface area contributed by atoms with E-state index in [2.05, 4.69) is 5.32 Å². The average Bonchev–Trinajstić information content (AvgIpc) is 3.01. The molecular weight excluding hydrogens is 300 g/mol. The molecule has 1 amide bonds. The predicted molar refractivity (Wildman–Crippen MR) is 84.5 cm³/mol. The second-order valence-corrected chi connectivity index (χ2v) is 5.73. The van der Waals surface area contributed by atoms with E-state index in [1.807, 2.05) is 13.8 Å². The summed E-state index contributed by atoms with van der Waals surface area (Å²) in [4.78, 5) is 22.4. The van der Waals surface area contributed by atoms with Gasteiger partial charge in [-0.05, 0) is 38.3 Å². The molecule has 7 nitrogen and oxygen atoms in total. The SMILES string of the molecule is Cc1ccc([N+](=O)[O-])c(OCCC(=O)N[C@@H](C)[C@H]2CCCO2)c1. The third-order valence-corrected chi connectivity index (χ3v) is 3.81. The maximum atomic E-state index is 11.9. The molecule has 0 aromatic heterocycles. The normalized spacial score (nSPS) is 18.4. The van der Waals surface area contributed by atoms with E-state index in [0.29, 0.717) is 0 Å². The number of carbonyl (C=O) groups excluding carboxylic acids is 1. The first-order valence-corrected chi connectivity index (χ1v) is 7.76. The smallest absolute Gasteiger partial charge is 0.310 e. The van der Waals surface area contributed by atoms with Crippen LogP contribution in [0.2, 0.25) is 0 Å². The van der Waals surface area contributed by atoms with Crippen molar-refractivity contribution in [2.24, 2.45) is 0 Å². The fraction of sp³-hybridized carbons (Fsp3) is 0.562. The molecule has 2 rings (SSSR count). The zero-order chi connectivity index (χ0) is 16.8. The minimum Gasteiger partial charge on any atom is -0.486 e. The van der Waals surface area contributed by atoms with Crippen LogP contribution in [0.25, 0.3) is 0 Å². The third-order valence-electron chi connectivity index (χ3n) is 3.81. The highest BCUT2D eigenvalue weighted by atomic mass is 16.6. The number of nitro benzene ring substituents is 1. The summed E-state index contributed by atoms with van der Waals surface area (Å²) in [5.41, 5.74) is 0.769. The second kappa shape index (κ2) is 7.92. The molecule has 1 aromatic rings. The van der Waals surface area contributed by atoms with E-state index in [1.165, 1.54) is 6.07 Å². The highest BCUT2D eigenvalue weighted by Crippen LogP contribution is 2.27. The van der Waals surface area contributed by atoms with Crippen LogP contribution in [0.15, 0.2) is 18.2 Å². The van der Waals surface area contributed by atoms with Gasteiger partial charge in [0.05, 0.1) is 30.1 Å². The number of nitro groups is 1. The van der Waals surface area contributed by atoms with Gasteiger partial charge < -0.3 is 14.8 Å². The van der Waals surface area contributed by atoms with Crippen molar-refractivity contribution in [2.75, 3.05) is 13.2 Å². The van der Waals surface area contributed by atoms with E-state index in [1.54, 1.807) is 12.1 Å². The van der Waals surface area contributed by atoms with Crippen LogP contribution >= 0.6 is 0 Å². The second-order valence-electron chi connectivity index (χ2n) is 5.73. The first-order valence-electron chi connectivity index (χ1n) is 7.76. The Hall–Kier alpha value is -2.15. The Morgan fingerprint density at radius 1 is 1.57 bits per heavy atom. The fourth-order valence-corrected chi connectivity index (χ4v) is 2.56. The summed E-state index contributed by atoms with van der Waals surface area (Å²) >= 11 is 0. The van der Waals surface area contributed by atoms with Crippen molar-refractivity contribution >= 4 is 11.6 Å². The largest absolute Gasteiger partial charge is 0.486 e. The number of nitrogens with zero attached hydrogens (tertiary/aromatic N) is 1. The first-order chi connectivity index (χ1) is 11.0. The van der Waals surface area contributed by atoms with Crippen LogP contribution in [0.5, 0.6) is 5.75 Å². The Morgan fingerprint density at radius 3 is 3.00 bits per heavy atom. The van der Waals surface area contributed by atoms with E-state index in [9.17, 15) is 14.9 Å². The summed E-state index contributed by atoms with van der Waals surface area (Å²) in [6.07, 6.45) is 2.18. The molecule has 0 aliphatic carbocycles. The molecule has 1 heterocycles. The molecule has 2 atom stereocenters. The fourth-order valence-electron chi connectivity index (χ4n) is 2.56. The Balaban J connectivity index is 1.81. The van der Waals surface area contributed by atoms with Gasteiger partial charge in [0, 0.05) is 12.7 Å². The minimum absolute atomic E-state index is 0.0432. The van der Waals surface area contributed by atoms with Crippen LogP contribution < -0.4 is 10.1 Å². The average molecular weight is 322 g/mol. The molecular formula is C16H22N2O5. The number of nitrogens with one attached hydrogen (secondary N) is 1. The monoisotopic (exact) mass is 322 g/mol. The van der Waals surface area contributed by atoms with Crippen LogP contribution in [-0.4, -0.2) is 36.2 Å². The van der Waals surface area contributed by atoms with E-state index in [4.69, 9.17) is 9.47 Å². The third kappa shape index (κ3) is 4.92. The molecule has 1 N–H and O–H groups in total. The molecule has 0 unspecified atom stereocenters. The summed E-state index contributed by atoms with van der Waals surface area (Å²) in [6.45, 7) is 4.58. The zero-order valence-electron chi connectivity index (χ0n) is 13.4. The Kier molecular flexibility index (Phi) is 5.92. The lowest BCUT2D eigenvalue weighted by molar-refractivity contribution is -0.385. The Bertz CT molecular complexity index is 570. The molecule has 0 radical (unpaired) electrons. The first kappa shape index (κ1) is 17.2. The zero-order valence-corrected chi connectivity index (χ0v) is 13.4. The molecule has 0 bridgehead atoms. The van der Waals surface area contributed by atoms with Gasteiger partial charge >= 0.3 is 5.69 Å². The number of rotatable bonds is 7. The highest BCUT2D eigenvalue weighted by Gasteiger charge is 2.23. The lowest BCUT2D eigenvalue weighted by Crippen LogP contribution is -2.41. The topological polar surface area (TPSA) is 90.7 Å². The van der Waals surface area contributed by atoms with Gasteiger partial charge in [-0.2, -0.15) is 0 Å². The van der Waals surface area contributed by atoms with Crippen molar-refractivity contribution in [3.05, 3.63) is 33.9 Å². The van der Waals surface area contributed by atoms with Gasteiger partial charge in [-0.15, -0.1) is 0 Å². The van der Waals surface area contributed by atoms with E-state index in [0.717, 1.165) is 25.0 Å². The van der Waals surface area contributed by atoms with Crippen LogP contribution in [0.4, 0.5) is 5.69 Å². The van der Waals surface area contributed by atoms with Gasteiger partial charge in [0.25, 0.3) is 0 Å². The van der Waals surface area contributed by atoms with Crippen molar-refractivity contribution in [1.29, 1.82) is 0 Å². The van der Waals surface area contributed by atoms with Gasteiger partial charge in [0.2, 0.25) is 5.91 Å². The van der Waals surface area contributed by atoms with Crippen molar-refractivity contribution in [1.82, 2.24) is 5.32 Å². The Morgan fingerprint density at radius 2 is 2.35 bits per heavy atom. The van der Waals surface area contributed by atoms with Gasteiger partial charge in [0.1, 0.15) is 0 Å². The molecule has 1 aromatic carbocycles. The number of hydrogen-bond donors (Lipinski definition) is 1. The van der Waals surface area contributed by atoms with Crippen molar-refractivity contribution in [3.63, 3.8) is 0 Å². The number of carbonyl (C=O) groups is 1. The molecule has 1 saturated heterocycles. The van der Waals surface area contributed by atoms with Crippen molar-refractivity contribution < 1.29 is 19.2 Å². The number of amides is 1. The molecule has 7 heteroatoms. The highest BCUT2D eigenvalue weighted by molar-refractivity contribution is 5.76.